The van der Waals surface area contributed by atoms with Crippen molar-refractivity contribution in [3.8, 4) is 0 Å². The summed E-state index contributed by atoms with van der Waals surface area (Å²) in [6, 6.07) is 0. The molecule has 12 heavy (non-hydrogen) atoms. The first-order chi connectivity index (χ1) is 5.36. The third-order valence-corrected chi connectivity index (χ3v) is 2.95. The van der Waals surface area contributed by atoms with Gasteiger partial charge in [0, 0.05) is 0 Å². The molecule has 0 spiro atoms. The normalized spacial score (nSPS) is 29.4. The van der Waals surface area contributed by atoms with E-state index in [9.17, 15) is 9.90 Å². The number of ketones is 1. The number of aliphatic hydroxyl groups is 1. The molecule has 1 unspecified atom stereocenters. The summed E-state index contributed by atoms with van der Waals surface area (Å²) in [4.78, 5) is 11.3. The van der Waals surface area contributed by atoms with Gasteiger partial charge in [0.15, 0.2) is 5.78 Å². The minimum atomic E-state index is -0.788. The van der Waals surface area contributed by atoms with Gasteiger partial charge in [0.25, 0.3) is 0 Å². The monoisotopic (exact) mass is 168 g/mol. The largest absolute Gasteiger partial charge is 0.385 e. The third-order valence-electron chi connectivity index (χ3n) is 2.95. The van der Waals surface area contributed by atoms with Crippen LogP contribution in [0, 0.1) is 5.41 Å². The van der Waals surface area contributed by atoms with E-state index < -0.39 is 6.10 Å². The summed E-state index contributed by atoms with van der Waals surface area (Å²) in [6.07, 6.45) is -0.238. The van der Waals surface area contributed by atoms with Crippen molar-refractivity contribution in [2.24, 2.45) is 5.41 Å². The van der Waals surface area contributed by atoms with E-state index in [2.05, 4.69) is 13.8 Å². The van der Waals surface area contributed by atoms with Crippen LogP contribution in [0.25, 0.3) is 0 Å². The van der Waals surface area contributed by atoms with E-state index >= 15 is 0 Å². The predicted molar refractivity (Wildman–Crippen MR) is 47.8 cm³/mol. The van der Waals surface area contributed by atoms with Crippen LogP contribution in [0.2, 0.25) is 0 Å². The Labute approximate surface area is 73.3 Å². The molecule has 0 aliphatic heterocycles. The van der Waals surface area contributed by atoms with Crippen LogP contribution in [-0.4, -0.2) is 17.0 Å². The Morgan fingerprint density at radius 2 is 1.92 bits per heavy atom. The molecule has 0 heterocycles. The van der Waals surface area contributed by atoms with Crippen molar-refractivity contribution in [3.63, 3.8) is 0 Å². The van der Waals surface area contributed by atoms with Crippen LogP contribution in [0.4, 0.5) is 0 Å². The van der Waals surface area contributed by atoms with Gasteiger partial charge in [-0.1, -0.05) is 19.4 Å². The first-order valence-electron chi connectivity index (χ1n) is 4.26. The summed E-state index contributed by atoms with van der Waals surface area (Å²) < 4.78 is 0. The molecule has 0 fully saturated rings. The highest BCUT2D eigenvalue weighted by Crippen LogP contribution is 2.38. The minimum absolute atomic E-state index is 0.0303. The van der Waals surface area contributed by atoms with E-state index in [1.54, 1.807) is 6.92 Å². The Morgan fingerprint density at radius 3 is 2.42 bits per heavy atom. The quantitative estimate of drug-likeness (QED) is 0.597. The van der Waals surface area contributed by atoms with Gasteiger partial charge in [-0.3, -0.25) is 4.79 Å². The van der Waals surface area contributed by atoms with Crippen LogP contribution in [0.15, 0.2) is 11.1 Å². The molecule has 2 heteroatoms. The Morgan fingerprint density at radius 1 is 1.42 bits per heavy atom. The van der Waals surface area contributed by atoms with Gasteiger partial charge in [-0.15, -0.1) is 0 Å². The van der Waals surface area contributed by atoms with E-state index in [1.165, 1.54) is 0 Å². The number of carbonyl (C=O) groups is 1. The number of allylic oxidation sites excluding steroid dienone is 1. The molecule has 0 aromatic rings. The number of hydrogen-bond donors (Lipinski definition) is 1. The lowest BCUT2D eigenvalue weighted by Gasteiger charge is -2.34. The molecule has 1 N–H and O–H groups in total. The van der Waals surface area contributed by atoms with Crippen LogP contribution in [0.3, 0.4) is 0 Å². The van der Waals surface area contributed by atoms with E-state index in [0.29, 0.717) is 6.42 Å². The lowest BCUT2D eigenvalue weighted by Crippen LogP contribution is -2.35. The molecule has 1 rings (SSSR count). The number of rotatable bonds is 0. The molecule has 1 aliphatic rings. The third kappa shape index (κ3) is 1.31. The number of hydrogen-bond acceptors (Lipinski definition) is 2. The molecule has 68 valence electrons. The van der Waals surface area contributed by atoms with Crippen LogP contribution >= 0.6 is 0 Å². The smallest absolute Gasteiger partial charge is 0.186 e. The molecule has 0 radical (unpaired) electrons. The van der Waals surface area contributed by atoms with Crippen molar-refractivity contribution >= 4 is 5.78 Å². The molecule has 1 atom stereocenters. The van der Waals surface area contributed by atoms with E-state index in [4.69, 9.17) is 0 Å². The first kappa shape index (κ1) is 9.46. The maximum absolute atomic E-state index is 11.3. The van der Waals surface area contributed by atoms with Gasteiger partial charge < -0.3 is 5.11 Å². The zero-order chi connectivity index (χ0) is 9.52. The average molecular weight is 168 g/mol. The molecule has 0 amide bonds. The molecule has 0 saturated carbocycles. The molecule has 0 aromatic heterocycles. The fraction of sp³-hybridized carbons (Fsp3) is 0.700. The van der Waals surface area contributed by atoms with Gasteiger partial charge in [-0.05, 0) is 31.3 Å². The van der Waals surface area contributed by atoms with Crippen LogP contribution < -0.4 is 0 Å². The van der Waals surface area contributed by atoms with Gasteiger partial charge in [0.1, 0.15) is 6.10 Å². The maximum atomic E-state index is 11.3. The predicted octanol–water partition coefficient (Wildman–Crippen LogP) is 1.68. The second-order valence-corrected chi connectivity index (χ2v) is 4.22. The molecular weight excluding hydrogens is 152 g/mol. The zero-order valence-electron chi connectivity index (χ0n) is 8.14. The molecule has 0 bridgehead atoms. The SMILES string of the molecule is CC1=C(C)C(C)(C)CC(O)C1=O. The summed E-state index contributed by atoms with van der Waals surface area (Å²) in [5.41, 5.74) is 1.81. The summed E-state index contributed by atoms with van der Waals surface area (Å²) in [7, 11) is 0. The van der Waals surface area contributed by atoms with Crippen molar-refractivity contribution in [2.45, 2.75) is 40.2 Å². The zero-order valence-corrected chi connectivity index (χ0v) is 8.14. The summed E-state index contributed by atoms with van der Waals surface area (Å²) in [5, 5.41) is 9.42. The van der Waals surface area contributed by atoms with E-state index in [0.717, 1.165) is 11.1 Å². The standard InChI is InChI=1S/C10H16O2/c1-6-7(2)10(3,4)5-8(11)9(6)12/h8,11H,5H2,1-4H3. The first-order valence-corrected chi connectivity index (χ1v) is 4.26. The highest BCUT2D eigenvalue weighted by atomic mass is 16.3. The molecule has 1 aliphatic carbocycles. The topological polar surface area (TPSA) is 37.3 Å². The summed E-state index contributed by atoms with van der Waals surface area (Å²) >= 11 is 0. The highest BCUT2D eigenvalue weighted by Gasteiger charge is 2.35. The van der Waals surface area contributed by atoms with Gasteiger partial charge in [0.2, 0.25) is 0 Å². The lowest BCUT2D eigenvalue weighted by atomic mass is 9.72. The number of aliphatic hydroxyl groups excluding tert-OH is 1. The lowest BCUT2D eigenvalue weighted by molar-refractivity contribution is -0.125. The second kappa shape index (κ2) is 2.70. The van der Waals surface area contributed by atoms with E-state index in [-0.39, 0.29) is 11.2 Å². The van der Waals surface area contributed by atoms with Crippen LogP contribution in [0.5, 0.6) is 0 Å². The fourth-order valence-electron chi connectivity index (χ4n) is 1.67. The van der Waals surface area contributed by atoms with Crippen LogP contribution in [-0.2, 0) is 4.79 Å². The van der Waals surface area contributed by atoms with E-state index in [1.807, 2.05) is 6.92 Å². The summed E-state index contributed by atoms with van der Waals surface area (Å²) in [5.74, 6) is -0.105. The Balaban J connectivity index is 3.13. The highest BCUT2D eigenvalue weighted by molar-refractivity contribution is 5.99. The van der Waals surface area contributed by atoms with Crippen molar-refractivity contribution in [1.29, 1.82) is 0 Å². The van der Waals surface area contributed by atoms with Crippen molar-refractivity contribution < 1.29 is 9.90 Å². The van der Waals surface area contributed by atoms with Crippen molar-refractivity contribution in [1.82, 2.24) is 0 Å². The number of Topliss-reactive ketones (excluding diaryl/α,β-unsaturated/α-hetero) is 1. The second-order valence-electron chi connectivity index (χ2n) is 4.22. The Bertz CT molecular complexity index is 249. The average Bonchev–Trinajstić information content (AvgIpc) is 1.97. The molecule has 2 nitrogen and oxygen atoms in total. The Hall–Kier alpha value is -0.630. The maximum Gasteiger partial charge on any atom is 0.186 e. The Kier molecular flexibility index (Phi) is 2.13. The van der Waals surface area contributed by atoms with Gasteiger partial charge in [-0.25, -0.2) is 0 Å². The van der Waals surface area contributed by atoms with Gasteiger partial charge >= 0.3 is 0 Å². The van der Waals surface area contributed by atoms with Crippen LogP contribution in [0.1, 0.15) is 34.1 Å². The fourth-order valence-corrected chi connectivity index (χ4v) is 1.67. The summed E-state index contributed by atoms with van der Waals surface area (Å²) in [6.45, 7) is 7.88. The van der Waals surface area contributed by atoms with Gasteiger partial charge in [0.05, 0.1) is 0 Å². The van der Waals surface area contributed by atoms with Gasteiger partial charge in [-0.2, -0.15) is 0 Å². The minimum Gasteiger partial charge on any atom is -0.385 e. The molecule has 0 saturated heterocycles. The molecule has 0 aromatic carbocycles. The van der Waals surface area contributed by atoms with Crippen molar-refractivity contribution in [2.75, 3.05) is 0 Å². The van der Waals surface area contributed by atoms with Crippen molar-refractivity contribution in [3.05, 3.63) is 11.1 Å². The molecular formula is C10H16O2. The number of carbonyl (C=O) groups excluding carboxylic acids is 1.